The van der Waals surface area contributed by atoms with Gasteiger partial charge in [0.05, 0.1) is 11.5 Å². The molecular formula is C17H23NO4. The van der Waals surface area contributed by atoms with Crippen LogP contribution < -0.4 is 10.1 Å². The summed E-state index contributed by atoms with van der Waals surface area (Å²) in [6, 6.07) is 7.47. The van der Waals surface area contributed by atoms with E-state index in [1.807, 2.05) is 32.0 Å². The number of carboxylic acids is 1. The van der Waals surface area contributed by atoms with E-state index in [1.54, 1.807) is 6.07 Å². The Morgan fingerprint density at radius 1 is 1.41 bits per heavy atom. The minimum atomic E-state index is -0.845. The van der Waals surface area contributed by atoms with Crippen LogP contribution in [0.4, 0.5) is 0 Å². The van der Waals surface area contributed by atoms with Crippen molar-refractivity contribution in [3.8, 4) is 5.75 Å². The highest BCUT2D eigenvalue weighted by molar-refractivity contribution is 5.80. The highest BCUT2D eigenvalue weighted by Crippen LogP contribution is 2.33. The number of carbonyl (C=O) groups is 2. The Balaban J connectivity index is 1.94. The molecule has 22 heavy (non-hydrogen) atoms. The molecule has 1 saturated carbocycles. The fourth-order valence-corrected chi connectivity index (χ4v) is 3.09. The summed E-state index contributed by atoms with van der Waals surface area (Å²) in [4.78, 5) is 23.5. The molecule has 5 heteroatoms. The number of aliphatic carboxylic acids is 1. The van der Waals surface area contributed by atoms with Crippen LogP contribution in [0.3, 0.4) is 0 Å². The topological polar surface area (TPSA) is 75.6 Å². The standard InChI is InChI=1S/C17H23NO4/c1-12-6-5-7-13(10-12)22-11-15(19)18-17(2)9-4-3-8-14(17)16(20)21/h5-7,10,14H,3-4,8-9,11H2,1-2H3,(H,18,19)(H,20,21). The van der Waals surface area contributed by atoms with Crippen LogP contribution in [0, 0.1) is 12.8 Å². The molecule has 0 spiro atoms. The van der Waals surface area contributed by atoms with Crippen molar-refractivity contribution in [2.24, 2.45) is 5.92 Å². The van der Waals surface area contributed by atoms with E-state index in [0.717, 1.165) is 18.4 Å². The van der Waals surface area contributed by atoms with Gasteiger partial charge in [-0.15, -0.1) is 0 Å². The van der Waals surface area contributed by atoms with Gasteiger partial charge in [-0.25, -0.2) is 0 Å². The number of hydrogen-bond acceptors (Lipinski definition) is 3. The highest BCUT2D eigenvalue weighted by atomic mass is 16.5. The third kappa shape index (κ3) is 4.00. The number of amides is 1. The number of rotatable bonds is 5. The first-order valence-electron chi connectivity index (χ1n) is 7.64. The molecule has 1 aliphatic carbocycles. The normalized spacial score (nSPS) is 24.5. The Hall–Kier alpha value is -2.04. The Kier molecular flexibility index (Phi) is 5.06. The molecule has 0 radical (unpaired) electrons. The molecule has 120 valence electrons. The maximum Gasteiger partial charge on any atom is 0.308 e. The molecule has 0 aromatic heterocycles. The molecular weight excluding hydrogens is 282 g/mol. The second-order valence-corrected chi connectivity index (χ2v) is 6.21. The molecule has 0 saturated heterocycles. The Labute approximate surface area is 130 Å². The summed E-state index contributed by atoms with van der Waals surface area (Å²) in [7, 11) is 0. The van der Waals surface area contributed by atoms with Gasteiger partial charge in [0.2, 0.25) is 0 Å². The minimum absolute atomic E-state index is 0.106. The Bertz CT molecular complexity index is 557. The van der Waals surface area contributed by atoms with Crippen LogP contribution in [0.1, 0.15) is 38.2 Å². The maximum atomic E-state index is 12.1. The molecule has 2 unspecified atom stereocenters. The number of hydrogen-bond donors (Lipinski definition) is 2. The zero-order valence-corrected chi connectivity index (χ0v) is 13.1. The predicted octanol–water partition coefficient (Wildman–Crippen LogP) is 2.52. The second kappa shape index (κ2) is 6.81. The van der Waals surface area contributed by atoms with E-state index in [9.17, 15) is 14.7 Å². The molecule has 1 aromatic rings. The fourth-order valence-electron chi connectivity index (χ4n) is 3.09. The molecule has 0 bridgehead atoms. The SMILES string of the molecule is Cc1cccc(OCC(=O)NC2(C)CCCCC2C(=O)O)c1. The van der Waals surface area contributed by atoms with Gasteiger partial charge in [0, 0.05) is 0 Å². The molecule has 1 aliphatic rings. The minimum Gasteiger partial charge on any atom is -0.484 e. The molecule has 1 aromatic carbocycles. The second-order valence-electron chi connectivity index (χ2n) is 6.21. The van der Waals surface area contributed by atoms with E-state index in [2.05, 4.69) is 5.32 Å². The summed E-state index contributed by atoms with van der Waals surface area (Å²) < 4.78 is 5.47. The number of benzene rings is 1. The van der Waals surface area contributed by atoms with E-state index in [4.69, 9.17) is 4.74 Å². The van der Waals surface area contributed by atoms with Gasteiger partial charge in [-0.1, -0.05) is 25.0 Å². The largest absolute Gasteiger partial charge is 0.484 e. The summed E-state index contributed by atoms with van der Waals surface area (Å²) in [5, 5.41) is 12.2. The van der Waals surface area contributed by atoms with Crippen LogP contribution in [0.25, 0.3) is 0 Å². The average Bonchev–Trinajstić information content (AvgIpc) is 2.45. The zero-order chi connectivity index (χ0) is 16.2. The van der Waals surface area contributed by atoms with Crippen molar-refractivity contribution in [1.29, 1.82) is 0 Å². The summed E-state index contributed by atoms with van der Waals surface area (Å²) in [5.41, 5.74) is 0.361. The van der Waals surface area contributed by atoms with Crippen molar-refractivity contribution in [2.75, 3.05) is 6.61 Å². The number of carbonyl (C=O) groups excluding carboxylic acids is 1. The van der Waals surface area contributed by atoms with Gasteiger partial charge >= 0.3 is 5.97 Å². The van der Waals surface area contributed by atoms with Crippen molar-refractivity contribution in [3.05, 3.63) is 29.8 Å². The molecule has 1 amide bonds. The van der Waals surface area contributed by atoms with E-state index in [1.165, 1.54) is 0 Å². The lowest BCUT2D eigenvalue weighted by Gasteiger charge is -2.39. The van der Waals surface area contributed by atoms with E-state index >= 15 is 0 Å². The molecule has 0 heterocycles. The smallest absolute Gasteiger partial charge is 0.308 e. The van der Waals surface area contributed by atoms with Crippen LogP contribution in [0.2, 0.25) is 0 Å². The van der Waals surface area contributed by atoms with Crippen LogP contribution in [-0.4, -0.2) is 29.1 Å². The van der Waals surface area contributed by atoms with Crippen molar-refractivity contribution >= 4 is 11.9 Å². The van der Waals surface area contributed by atoms with Gasteiger partial charge < -0.3 is 15.2 Å². The van der Waals surface area contributed by atoms with Crippen LogP contribution in [0.15, 0.2) is 24.3 Å². The molecule has 0 aliphatic heterocycles. The molecule has 2 rings (SSSR count). The average molecular weight is 305 g/mol. The van der Waals surface area contributed by atoms with E-state index in [0.29, 0.717) is 18.6 Å². The zero-order valence-electron chi connectivity index (χ0n) is 13.1. The van der Waals surface area contributed by atoms with Gasteiger partial charge in [-0.05, 0) is 44.4 Å². The van der Waals surface area contributed by atoms with Gasteiger partial charge in [0.25, 0.3) is 5.91 Å². The Morgan fingerprint density at radius 2 is 2.18 bits per heavy atom. The molecule has 2 atom stereocenters. The van der Waals surface area contributed by atoms with Gasteiger partial charge in [0.15, 0.2) is 6.61 Å². The number of carboxylic acid groups (broad SMARTS) is 1. The summed E-state index contributed by atoms with van der Waals surface area (Å²) >= 11 is 0. The van der Waals surface area contributed by atoms with Crippen LogP contribution in [-0.2, 0) is 9.59 Å². The molecule has 2 N–H and O–H groups in total. The third-order valence-electron chi connectivity index (χ3n) is 4.29. The van der Waals surface area contributed by atoms with Crippen molar-refractivity contribution < 1.29 is 19.4 Å². The first kappa shape index (κ1) is 16.3. The first-order chi connectivity index (χ1) is 10.4. The number of aryl methyl sites for hydroxylation is 1. The van der Waals surface area contributed by atoms with Crippen LogP contribution in [0.5, 0.6) is 5.75 Å². The van der Waals surface area contributed by atoms with Crippen molar-refractivity contribution in [2.45, 2.75) is 45.1 Å². The van der Waals surface area contributed by atoms with Gasteiger partial charge in [-0.2, -0.15) is 0 Å². The van der Waals surface area contributed by atoms with Gasteiger partial charge in [-0.3, -0.25) is 9.59 Å². The summed E-state index contributed by atoms with van der Waals surface area (Å²) in [6.07, 6.45) is 3.10. The van der Waals surface area contributed by atoms with Gasteiger partial charge in [0.1, 0.15) is 5.75 Å². The quantitative estimate of drug-likeness (QED) is 0.876. The lowest BCUT2D eigenvalue weighted by molar-refractivity contribution is -0.146. The highest BCUT2D eigenvalue weighted by Gasteiger charge is 2.42. The van der Waals surface area contributed by atoms with Crippen LogP contribution >= 0.6 is 0 Å². The van der Waals surface area contributed by atoms with Crippen molar-refractivity contribution in [1.82, 2.24) is 5.32 Å². The molecule has 5 nitrogen and oxygen atoms in total. The lowest BCUT2D eigenvalue weighted by atomic mass is 9.74. The van der Waals surface area contributed by atoms with Crippen molar-refractivity contribution in [3.63, 3.8) is 0 Å². The number of nitrogens with one attached hydrogen (secondary N) is 1. The predicted molar refractivity (Wildman–Crippen MR) is 82.8 cm³/mol. The first-order valence-corrected chi connectivity index (χ1v) is 7.64. The third-order valence-corrected chi connectivity index (χ3v) is 4.29. The lowest BCUT2D eigenvalue weighted by Crippen LogP contribution is -2.56. The fraction of sp³-hybridized carbons (Fsp3) is 0.529. The number of ether oxygens (including phenoxy) is 1. The Morgan fingerprint density at radius 3 is 2.86 bits per heavy atom. The summed E-state index contributed by atoms with van der Waals surface area (Å²) in [5.74, 6) is -1.03. The monoisotopic (exact) mass is 305 g/mol. The summed E-state index contributed by atoms with van der Waals surface area (Å²) in [6.45, 7) is 3.66. The van der Waals surface area contributed by atoms with E-state index < -0.39 is 17.4 Å². The maximum absolute atomic E-state index is 12.1. The van der Waals surface area contributed by atoms with E-state index in [-0.39, 0.29) is 12.5 Å². The molecule has 1 fully saturated rings.